The zero-order valence-corrected chi connectivity index (χ0v) is 19.0. The maximum absolute atomic E-state index is 12.6. The van der Waals surface area contributed by atoms with Gasteiger partial charge in [0.2, 0.25) is 0 Å². The van der Waals surface area contributed by atoms with Gasteiger partial charge in [-0.05, 0) is 31.0 Å². The van der Waals surface area contributed by atoms with E-state index < -0.39 is 0 Å². The predicted octanol–water partition coefficient (Wildman–Crippen LogP) is 4.89. The molecule has 172 valence electrons. The summed E-state index contributed by atoms with van der Waals surface area (Å²) in [6.07, 6.45) is 3.22. The average Bonchev–Trinajstić information content (AvgIpc) is 2.86. The number of anilines is 2. The molecule has 3 heterocycles. The van der Waals surface area contributed by atoms with Gasteiger partial charge < -0.3 is 15.8 Å². The molecule has 0 aliphatic carbocycles. The molecule has 0 unspecified atom stereocenters. The average molecular weight is 475 g/mol. The van der Waals surface area contributed by atoms with Crippen LogP contribution < -0.4 is 16.4 Å². The highest BCUT2D eigenvalue weighted by atomic mass is 35.5. The molecule has 9 heteroatoms. The van der Waals surface area contributed by atoms with Gasteiger partial charge in [0.25, 0.3) is 0 Å². The van der Waals surface area contributed by atoms with Gasteiger partial charge in [-0.2, -0.15) is 0 Å². The Hall–Kier alpha value is -3.75. The number of carbonyl (C=O) groups is 1. The number of urea groups is 1. The molecule has 2 amide bonds. The first-order chi connectivity index (χ1) is 16.6. The molecule has 0 saturated carbocycles. The highest BCUT2D eigenvalue weighted by molar-refractivity contribution is 6.35. The minimum absolute atomic E-state index is 0.0396. The van der Waals surface area contributed by atoms with Crippen molar-refractivity contribution >= 4 is 40.2 Å². The highest BCUT2D eigenvalue weighted by Gasteiger charge is 2.20. The van der Waals surface area contributed by atoms with Gasteiger partial charge in [0.15, 0.2) is 11.6 Å². The third kappa shape index (κ3) is 4.64. The normalized spacial score (nSPS) is 14.1. The van der Waals surface area contributed by atoms with E-state index in [0.29, 0.717) is 35.1 Å². The number of nitrogen functional groups attached to an aromatic ring is 1. The van der Waals surface area contributed by atoms with E-state index in [9.17, 15) is 4.79 Å². The summed E-state index contributed by atoms with van der Waals surface area (Å²) in [7, 11) is 0. The van der Waals surface area contributed by atoms with Crippen LogP contribution in [0.2, 0.25) is 5.02 Å². The minimum atomic E-state index is -0.382. The fourth-order valence-electron chi connectivity index (χ4n) is 3.99. The number of benzene rings is 2. The molecule has 8 nitrogen and oxygen atoms in total. The van der Waals surface area contributed by atoms with Gasteiger partial charge in [-0.25, -0.2) is 14.8 Å². The number of rotatable bonds is 4. The Labute approximate surface area is 201 Å². The van der Waals surface area contributed by atoms with Gasteiger partial charge in [0, 0.05) is 42.0 Å². The quantitative estimate of drug-likeness (QED) is 0.387. The van der Waals surface area contributed by atoms with Crippen LogP contribution in [0.4, 0.5) is 16.4 Å². The van der Waals surface area contributed by atoms with E-state index in [2.05, 4.69) is 20.6 Å². The van der Waals surface area contributed by atoms with Crippen molar-refractivity contribution in [2.45, 2.75) is 18.9 Å². The zero-order chi connectivity index (χ0) is 23.5. The highest BCUT2D eigenvalue weighted by Crippen LogP contribution is 2.35. The van der Waals surface area contributed by atoms with Crippen LogP contribution in [0.3, 0.4) is 0 Å². The van der Waals surface area contributed by atoms with E-state index in [1.54, 1.807) is 12.3 Å². The Morgan fingerprint density at radius 3 is 2.56 bits per heavy atom. The van der Waals surface area contributed by atoms with Gasteiger partial charge in [-0.1, -0.05) is 48.0 Å². The summed E-state index contributed by atoms with van der Waals surface area (Å²) in [5, 5.41) is 7.08. The van der Waals surface area contributed by atoms with Crippen molar-refractivity contribution in [1.29, 1.82) is 0 Å². The summed E-state index contributed by atoms with van der Waals surface area (Å²) in [5.41, 5.74) is 9.66. The molecule has 1 fully saturated rings. The first kappa shape index (κ1) is 22.1. The van der Waals surface area contributed by atoms with Gasteiger partial charge >= 0.3 is 6.03 Å². The van der Waals surface area contributed by atoms with Crippen molar-refractivity contribution in [3.8, 4) is 22.5 Å². The van der Waals surface area contributed by atoms with Crippen LogP contribution in [0.25, 0.3) is 33.4 Å². The van der Waals surface area contributed by atoms with E-state index in [1.807, 2.05) is 48.5 Å². The van der Waals surface area contributed by atoms with Crippen LogP contribution in [0.15, 0.2) is 60.8 Å². The lowest BCUT2D eigenvalue weighted by Gasteiger charge is -2.23. The Bertz CT molecular complexity index is 1340. The second kappa shape index (κ2) is 9.62. The molecule has 4 aromatic rings. The summed E-state index contributed by atoms with van der Waals surface area (Å²) in [6, 6.07) is 16.8. The molecule has 34 heavy (non-hydrogen) atoms. The SMILES string of the molecule is Nc1nc(-c2ccccc2)c(-c2cc(Cl)c3ncccc3c2)nc1NC(=O)NC1CCOCC1. The lowest BCUT2D eigenvalue weighted by Crippen LogP contribution is -2.41. The Morgan fingerprint density at radius 2 is 1.76 bits per heavy atom. The number of aromatic nitrogens is 3. The molecule has 4 N–H and O–H groups in total. The van der Waals surface area contributed by atoms with Crippen LogP contribution in [-0.2, 0) is 4.74 Å². The number of hydrogen-bond donors (Lipinski definition) is 3. The molecular formula is C25H23ClN6O2. The molecule has 2 aromatic heterocycles. The maximum atomic E-state index is 12.6. The molecule has 0 spiro atoms. The number of halogens is 1. The van der Waals surface area contributed by atoms with Crippen LogP contribution in [0.1, 0.15) is 12.8 Å². The number of nitrogens with zero attached hydrogens (tertiary/aromatic N) is 3. The number of ether oxygens (including phenoxy) is 1. The zero-order valence-electron chi connectivity index (χ0n) is 18.3. The van der Waals surface area contributed by atoms with Crippen LogP contribution in [0, 0.1) is 0 Å². The Balaban J connectivity index is 1.56. The molecule has 0 bridgehead atoms. The largest absolute Gasteiger partial charge is 0.381 e. The minimum Gasteiger partial charge on any atom is -0.381 e. The fraction of sp³-hybridized carbons (Fsp3) is 0.200. The van der Waals surface area contributed by atoms with Gasteiger partial charge in [-0.15, -0.1) is 0 Å². The van der Waals surface area contributed by atoms with Crippen LogP contribution in [-0.4, -0.2) is 40.2 Å². The van der Waals surface area contributed by atoms with Gasteiger partial charge in [-0.3, -0.25) is 10.3 Å². The molecule has 5 rings (SSSR count). The smallest absolute Gasteiger partial charge is 0.320 e. The first-order valence-electron chi connectivity index (χ1n) is 11.0. The Morgan fingerprint density at radius 1 is 1.00 bits per heavy atom. The topological polar surface area (TPSA) is 115 Å². The molecule has 1 aliphatic heterocycles. The molecule has 0 radical (unpaired) electrons. The predicted molar refractivity (Wildman–Crippen MR) is 134 cm³/mol. The number of nitrogens with two attached hydrogens (primary N) is 1. The second-order valence-electron chi connectivity index (χ2n) is 8.04. The maximum Gasteiger partial charge on any atom is 0.320 e. The number of hydrogen-bond acceptors (Lipinski definition) is 6. The summed E-state index contributed by atoms with van der Waals surface area (Å²) >= 11 is 6.55. The summed E-state index contributed by atoms with van der Waals surface area (Å²) < 4.78 is 5.35. The van der Waals surface area contributed by atoms with Crippen molar-refractivity contribution < 1.29 is 9.53 Å². The van der Waals surface area contributed by atoms with Gasteiger partial charge in [0.1, 0.15) is 0 Å². The van der Waals surface area contributed by atoms with E-state index >= 15 is 0 Å². The standard InChI is InChI=1S/C25H23ClN6O2/c26-19-14-17(13-16-7-4-10-28-20(16)19)22-21(15-5-2-1-3-6-15)30-23(27)24(31-22)32-25(33)29-18-8-11-34-12-9-18/h1-7,10,13-14,18H,8-9,11-12H2,(H2,27,30)(H2,29,31,32,33). The number of carbonyl (C=O) groups excluding carboxylic acids is 1. The molecular weight excluding hydrogens is 452 g/mol. The summed E-state index contributed by atoms with van der Waals surface area (Å²) in [4.78, 5) is 26.4. The van der Waals surface area contributed by atoms with Crippen molar-refractivity contribution in [3.63, 3.8) is 0 Å². The summed E-state index contributed by atoms with van der Waals surface area (Å²) in [5.74, 6) is 0.305. The lowest BCUT2D eigenvalue weighted by molar-refractivity contribution is 0.0806. The van der Waals surface area contributed by atoms with E-state index in [1.165, 1.54) is 0 Å². The molecule has 1 aliphatic rings. The summed E-state index contributed by atoms with van der Waals surface area (Å²) in [6.45, 7) is 1.25. The third-order valence-corrected chi connectivity index (χ3v) is 5.98. The van der Waals surface area contributed by atoms with E-state index in [0.717, 1.165) is 29.4 Å². The number of pyridine rings is 1. The van der Waals surface area contributed by atoms with Crippen LogP contribution in [0.5, 0.6) is 0 Å². The molecule has 2 aromatic carbocycles. The van der Waals surface area contributed by atoms with Crippen molar-refractivity contribution in [2.24, 2.45) is 0 Å². The van der Waals surface area contributed by atoms with Crippen molar-refractivity contribution in [1.82, 2.24) is 20.3 Å². The van der Waals surface area contributed by atoms with E-state index in [-0.39, 0.29) is 23.7 Å². The lowest BCUT2D eigenvalue weighted by atomic mass is 10.0. The number of amides is 2. The van der Waals surface area contributed by atoms with Crippen LogP contribution >= 0.6 is 11.6 Å². The Kier molecular flexibility index (Phi) is 6.24. The van der Waals surface area contributed by atoms with Crippen molar-refractivity contribution in [2.75, 3.05) is 24.3 Å². The molecule has 0 atom stereocenters. The van der Waals surface area contributed by atoms with E-state index in [4.69, 9.17) is 27.1 Å². The monoisotopic (exact) mass is 474 g/mol. The second-order valence-corrected chi connectivity index (χ2v) is 8.45. The molecule has 1 saturated heterocycles. The number of nitrogens with one attached hydrogen (secondary N) is 2. The number of fused-ring (bicyclic) bond motifs is 1. The van der Waals surface area contributed by atoms with Gasteiger partial charge in [0.05, 0.1) is 21.9 Å². The first-order valence-corrected chi connectivity index (χ1v) is 11.4. The third-order valence-electron chi connectivity index (χ3n) is 5.69. The van der Waals surface area contributed by atoms with Crippen molar-refractivity contribution in [3.05, 3.63) is 65.8 Å². The fourth-order valence-corrected chi connectivity index (χ4v) is 4.27.